The second-order valence-corrected chi connectivity index (χ2v) is 8.63. The molecule has 1 fully saturated rings. The van der Waals surface area contributed by atoms with E-state index >= 15 is 0 Å². The number of hydrogen-bond donors (Lipinski definition) is 3. The Morgan fingerprint density at radius 3 is 2.59 bits per heavy atom. The predicted octanol–water partition coefficient (Wildman–Crippen LogP) is 3.07. The van der Waals surface area contributed by atoms with Gasteiger partial charge in [-0.1, -0.05) is 24.6 Å². The lowest BCUT2D eigenvalue weighted by molar-refractivity contribution is 0.0734. The monoisotopic (exact) mass is 410 g/mol. The molecule has 150 valence electrons. The van der Waals surface area contributed by atoms with E-state index in [2.05, 4.69) is 22.1 Å². The van der Waals surface area contributed by atoms with Crippen LogP contribution >= 0.6 is 24.0 Å². The lowest BCUT2D eigenvalue weighted by atomic mass is 10.1. The fraction of sp³-hybridized carbons (Fsp3) is 0.579. The molecule has 8 heteroatoms. The molecule has 4 N–H and O–H groups in total. The number of aliphatic imine (C=N–C) groups is 1. The van der Waals surface area contributed by atoms with Crippen LogP contribution in [0.1, 0.15) is 32.6 Å². The summed E-state index contributed by atoms with van der Waals surface area (Å²) in [7, 11) is 4.06. The maximum absolute atomic E-state index is 10.3. The van der Waals surface area contributed by atoms with Gasteiger partial charge in [-0.05, 0) is 70.3 Å². The van der Waals surface area contributed by atoms with Crippen LogP contribution in [0.3, 0.4) is 0 Å². The molecule has 0 heterocycles. The number of rotatable bonds is 7. The zero-order chi connectivity index (χ0) is 19.9. The first-order chi connectivity index (χ1) is 12.8. The molecule has 0 unspecified atom stereocenters. The van der Waals surface area contributed by atoms with Crippen molar-refractivity contribution in [1.29, 1.82) is 0 Å². The highest BCUT2D eigenvalue weighted by atomic mass is 32.2. The molecule has 0 aliphatic heterocycles. The summed E-state index contributed by atoms with van der Waals surface area (Å²) in [6.07, 6.45) is 3.80. The Morgan fingerprint density at radius 1 is 1.37 bits per heavy atom. The van der Waals surface area contributed by atoms with E-state index < -0.39 is 5.60 Å². The highest BCUT2D eigenvalue weighted by Gasteiger charge is 2.31. The summed E-state index contributed by atoms with van der Waals surface area (Å²) in [6.45, 7) is 2.74. The maximum Gasteiger partial charge on any atom is 0.199 e. The van der Waals surface area contributed by atoms with E-state index in [1.807, 2.05) is 38.4 Å². The number of thioether (sulfide) groups is 1. The van der Waals surface area contributed by atoms with Gasteiger partial charge in [-0.25, -0.2) is 0 Å². The Hall–Kier alpha value is -1.35. The van der Waals surface area contributed by atoms with Crippen LogP contribution in [0.5, 0.6) is 5.75 Å². The number of aliphatic hydroxyl groups is 1. The third-order valence-electron chi connectivity index (χ3n) is 4.71. The van der Waals surface area contributed by atoms with Crippen molar-refractivity contribution in [2.75, 3.05) is 31.8 Å². The third kappa shape index (κ3) is 7.65. The third-order valence-corrected chi connectivity index (χ3v) is 5.98. The van der Waals surface area contributed by atoms with Gasteiger partial charge in [-0.3, -0.25) is 0 Å². The zero-order valence-electron chi connectivity index (χ0n) is 16.3. The van der Waals surface area contributed by atoms with Gasteiger partial charge in [0.15, 0.2) is 10.3 Å². The minimum absolute atomic E-state index is 0.299. The molecule has 0 amide bonds. The molecule has 2 rings (SSSR count). The second-order valence-electron chi connectivity index (χ2n) is 7.25. The quantitative estimate of drug-likeness (QED) is 0.362. The molecule has 1 aliphatic rings. The second kappa shape index (κ2) is 10.3. The molecule has 0 spiro atoms. The summed E-state index contributed by atoms with van der Waals surface area (Å²) < 4.78 is 5.77. The Morgan fingerprint density at radius 2 is 2.00 bits per heavy atom. The fourth-order valence-corrected chi connectivity index (χ4v) is 3.80. The Kier molecular flexibility index (Phi) is 8.34. The van der Waals surface area contributed by atoms with E-state index in [0.29, 0.717) is 28.7 Å². The molecular weight excluding hydrogens is 380 g/mol. The summed E-state index contributed by atoms with van der Waals surface area (Å²) >= 11 is 6.60. The first kappa shape index (κ1) is 21.9. The van der Waals surface area contributed by atoms with Crippen LogP contribution in [0, 0.1) is 0 Å². The van der Waals surface area contributed by atoms with E-state index in [-0.39, 0.29) is 0 Å². The van der Waals surface area contributed by atoms with Gasteiger partial charge in [0.1, 0.15) is 12.4 Å². The van der Waals surface area contributed by atoms with Gasteiger partial charge in [0.05, 0.1) is 5.60 Å². The topological polar surface area (TPSA) is 83.1 Å². The van der Waals surface area contributed by atoms with E-state index in [1.165, 1.54) is 11.8 Å². The van der Waals surface area contributed by atoms with E-state index in [9.17, 15) is 5.11 Å². The molecule has 27 heavy (non-hydrogen) atoms. The number of hydrogen-bond acceptors (Lipinski definition) is 5. The Bertz CT molecular complexity index is 644. The first-order valence-electron chi connectivity index (χ1n) is 9.17. The normalized spacial score (nSPS) is 17.7. The summed E-state index contributed by atoms with van der Waals surface area (Å²) in [6, 6.07) is 7.91. The summed E-state index contributed by atoms with van der Waals surface area (Å²) in [4.78, 5) is 6.31. The Balaban J connectivity index is 1.79. The molecule has 1 aliphatic carbocycles. The van der Waals surface area contributed by atoms with Crippen LogP contribution in [0.2, 0.25) is 0 Å². The van der Waals surface area contributed by atoms with E-state index in [0.717, 1.165) is 37.1 Å². The van der Waals surface area contributed by atoms with Crippen LogP contribution in [0.25, 0.3) is 0 Å². The number of likely N-dealkylation sites (N-methyl/N-ethyl adjacent to an activating group) is 1. The number of nitrogens with zero attached hydrogens (tertiary/aromatic N) is 2. The Labute approximate surface area is 171 Å². The predicted molar refractivity (Wildman–Crippen MR) is 119 cm³/mol. The number of thiocarbonyl (C=S) groups is 1. The van der Waals surface area contributed by atoms with Crippen LogP contribution < -0.4 is 15.8 Å². The molecule has 0 radical (unpaired) electrons. The summed E-state index contributed by atoms with van der Waals surface area (Å²) in [5.74, 6) is 1.37. The van der Waals surface area contributed by atoms with Gasteiger partial charge in [0, 0.05) is 17.5 Å². The average Bonchev–Trinajstić information content (AvgIpc) is 3.06. The van der Waals surface area contributed by atoms with E-state index in [4.69, 9.17) is 22.7 Å². The number of ether oxygens (including phenoxy) is 1. The van der Waals surface area contributed by atoms with Crippen molar-refractivity contribution >= 4 is 39.9 Å². The van der Waals surface area contributed by atoms with Crippen molar-refractivity contribution in [3.8, 4) is 5.75 Å². The summed E-state index contributed by atoms with van der Waals surface area (Å²) in [5, 5.41) is 14.1. The molecule has 1 saturated carbocycles. The number of amidine groups is 1. The molecule has 1 aromatic carbocycles. The SMILES string of the molecule is C[C@H](COc1ccc(NC(=S)N=C(N)SCC2(O)CCCC2)cc1)N(C)C. The van der Waals surface area contributed by atoms with E-state index in [1.54, 1.807) is 0 Å². The number of nitrogens with one attached hydrogen (secondary N) is 1. The molecular formula is C19H30N4O2S2. The van der Waals surface area contributed by atoms with Crippen LogP contribution in [-0.4, -0.2) is 58.4 Å². The van der Waals surface area contributed by atoms with Gasteiger partial charge >= 0.3 is 0 Å². The molecule has 0 bridgehead atoms. The van der Waals surface area contributed by atoms with Gasteiger partial charge in [0.2, 0.25) is 0 Å². The van der Waals surface area contributed by atoms with Crippen LogP contribution in [0.4, 0.5) is 5.69 Å². The number of nitrogens with two attached hydrogens (primary N) is 1. The van der Waals surface area contributed by atoms with Crippen molar-refractivity contribution in [3.05, 3.63) is 24.3 Å². The molecule has 6 nitrogen and oxygen atoms in total. The molecule has 1 aromatic rings. The fourth-order valence-electron chi connectivity index (χ4n) is 2.67. The lowest BCUT2D eigenvalue weighted by Crippen LogP contribution is -2.30. The largest absolute Gasteiger partial charge is 0.492 e. The van der Waals surface area contributed by atoms with Crippen molar-refractivity contribution in [3.63, 3.8) is 0 Å². The zero-order valence-corrected chi connectivity index (χ0v) is 17.9. The minimum atomic E-state index is -0.611. The van der Waals surface area contributed by atoms with Crippen molar-refractivity contribution < 1.29 is 9.84 Å². The highest BCUT2D eigenvalue weighted by molar-refractivity contribution is 8.13. The van der Waals surface area contributed by atoms with Crippen molar-refractivity contribution in [2.45, 2.75) is 44.2 Å². The molecule has 0 saturated heterocycles. The first-order valence-corrected chi connectivity index (χ1v) is 10.6. The maximum atomic E-state index is 10.3. The average molecular weight is 411 g/mol. The van der Waals surface area contributed by atoms with Crippen LogP contribution in [0.15, 0.2) is 29.3 Å². The minimum Gasteiger partial charge on any atom is -0.492 e. The smallest absolute Gasteiger partial charge is 0.199 e. The lowest BCUT2D eigenvalue weighted by Gasteiger charge is -2.20. The number of benzene rings is 1. The highest BCUT2D eigenvalue weighted by Crippen LogP contribution is 2.32. The molecule has 0 aromatic heterocycles. The van der Waals surface area contributed by atoms with Gasteiger partial charge in [-0.2, -0.15) is 4.99 Å². The summed E-state index contributed by atoms with van der Waals surface area (Å²) in [5.41, 5.74) is 6.14. The van der Waals surface area contributed by atoms with Crippen molar-refractivity contribution in [1.82, 2.24) is 4.90 Å². The van der Waals surface area contributed by atoms with Crippen LogP contribution in [-0.2, 0) is 0 Å². The van der Waals surface area contributed by atoms with Crippen molar-refractivity contribution in [2.24, 2.45) is 10.7 Å². The van der Waals surface area contributed by atoms with Gasteiger partial charge in [0.25, 0.3) is 0 Å². The standard InChI is InChI=1S/C19H30N4O2S2/c1-14(23(2)3)12-25-16-8-6-15(7-9-16)21-18(26)22-17(20)27-13-19(24)10-4-5-11-19/h6-9,14,24H,4-5,10-13H2,1-3H3,(H3,20,21,22,26)/t14-/m1/s1. The molecule has 1 atom stereocenters. The number of anilines is 1. The van der Waals surface area contributed by atoms with Gasteiger partial charge < -0.3 is 25.8 Å². The van der Waals surface area contributed by atoms with Gasteiger partial charge in [-0.15, -0.1) is 0 Å².